The van der Waals surface area contributed by atoms with Crippen LogP contribution >= 0.6 is 0 Å². The number of piperidine rings is 1. The van der Waals surface area contributed by atoms with E-state index in [0.717, 1.165) is 61.3 Å². The summed E-state index contributed by atoms with van der Waals surface area (Å²) in [5, 5.41) is 10.6. The van der Waals surface area contributed by atoms with Crippen LogP contribution in [0.5, 0.6) is 5.75 Å². The van der Waals surface area contributed by atoms with Gasteiger partial charge in [0, 0.05) is 32.2 Å². The van der Waals surface area contributed by atoms with Gasteiger partial charge < -0.3 is 19.6 Å². The van der Waals surface area contributed by atoms with E-state index in [1.165, 1.54) is 0 Å². The molecular weight excluding hydrogens is 328 g/mol. The molecule has 0 saturated carbocycles. The number of aliphatic hydroxyl groups excluding tert-OH is 1. The maximum absolute atomic E-state index is 12.7. The van der Waals surface area contributed by atoms with Gasteiger partial charge in [-0.25, -0.2) is 4.79 Å². The summed E-state index contributed by atoms with van der Waals surface area (Å²) in [7, 11) is 0. The predicted molar refractivity (Wildman–Crippen MR) is 98.1 cm³/mol. The van der Waals surface area contributed by atoms with Crippen LogP contribution in [0.3, 0.4) is 0 Å². The molecule has 5 heteroatoms. The Morgan fingerprint density at radius 3 is 2.58 bits per heavy atom. The summed E-state index contributed by atoms with van der Waals surface area (Å²) in [4.78, 5) is 17.0. The number of nitrogens with zero attached hydrogens (tertiary/aromatic N) is 2. The maximum Gasteiger partial charge on any atom is 0.415 e. The molecule has 0 aromatic heterocycles. The molecule has 134 valence electrons. The Morgan fingerprint density at radius 1 is 0.962 bits per heavy atom. The van der Waals surface area contributed by atoms with Crippen molar-refractivity contribution >= 4 is 6.09 Å². The summed E-state index contributed by atoms with van der Waals surface area (Å²) >= 11 is 0. The first-order valence-corrected chi connectivity index (χ1v) is 9.33. The average Bonchev–Trinajstić information content (AvgIpc) is 2.85. The Bertz CT molecular complexity index is 858. The summed E-state index contributed by atoms with van der Waals surface area (Å²) < 4.78 is 5.69. The van der Waals surface area contributed by atoms with Gasteiger partial charge in [-0.2, -0.15) is 0 Å². The van der Waals surface area contributed by atoms with Gasteiger partial charge in [-0.3, -0.25) is 0 Å². The molecule has 1 amide bonds. The van der Waals surface area contributed by atoms with E-state index in [2.05, 4.69) is 4.90 Å². The second kappa shape index (κ2) is 6.11. The van der Waals surface area contributed by atoms with E-state index in [1.807, 2.05) is 41.3 Å². The van der Waals surface area contributed by atoms with E-state index in [9.17, 15) is 9.90 Å². The third-order valence-electron chi connectivity index (χ3n) is 5.96. The molecule has 4 aliphatic rings. The summed E-state index contributed by atoms with van der Waals surface area (Å²) in [6.45, 7) is 3.78. The van der Waals surface area contributed by atoms with Crippen molar-refractivity contribution in [1.29, 1.82) is 0 Å². The molecule has 0 spiro atoms. The molecule has 3 fully saturated rings. The molecule has 1 unspecified atom stereocenters. The highest BCUT2D eigenvalue weighted by molar-refractivity contribution is 5.79. The molecule has 3 aliphatic heterocycles. The first-order valence-electron chi connectivity index (χ1n) is 9.33. The summed E-state index contributed by atoms with van der Waals surface area (Å²) in [6, 6.07) is 13.7. The van der Waals surface area contributed by atoms with Crippen LogP contribution in [0.25, 0.3) is 11.1 Å². The van der Waals surface area contributed by atoms with E-state index >= 15 is 0 Å². The number of amides is 1. The van der Waals surface area contributed by atoms with E-state index in [0.29, 0.717) is 5.75 Å². The van der Waals surface area contributed by atoms with Gasteiger partial charge in [0.2, 0.25) is 0 Å². The molecule has 5 nitrogen and oxygen atoms in total. The second-order valence-electron chi connectivity index (χ2n) is 7.37. The van der Waals surface area contributed by atoms with Crippen molar-refractivity contribution in [2.45, 2.75) is 25.0 Å². The van der Waals surface area contributed by atoms with Crippen molar-refractivity contribution in [3.05, 3.63) is 53.6 Å². The van der Waals surface area contributed by atoms with Crippen molar-refractivity contribution in [3.8, 4) is 16.9 Å². The smallest absolute Gasteiger partial charge is 0.410 e. The van der Waals surface area contributed by atoms with Crippen LogP contribution in [0.1, 0.15) is 30.1 Å². The Balaban J connectivity index is 1.38. The van der Waals surface area contributed by atoms with Crippen LogP contribution in [0.4, 0.5) is 4.79 Å². The lowest BCUT2D eigenvalue weighted by atomic mass is 10.1. The number of ether oxygens (including phenoxy) is 1. The minimum absolute atomic E-state index is 0.274. The number of aliphatic hydroxyl groups is 1. The van der Waals surface area contributed by atoms with Gasteiger partial charge in [0.1, 0.15) is 11.9 Å². The Morgan fingerprint density at radius 2 is 1.73 bits per heavy atom. The molecule has 1 aliphatic carbocycles. The highest BCUT2D eigenvalue weighted by Crippen LogP contribution is 2.44. The number of hydrogen-bond acceptors (Lipinski definition) is 4. The minimum Gasteiger partial charge on any atom is -0.410 e. The third kappa shape index (κ3) is 2.50. The lowest BCUT2D eigenvalue weighted by Crippen LogP contribution is -2.43. The lowest BCUT2D eigenvalue weighted by molar-refractivity contribution is 0.130. The van der Waals surface area contributed by atoms with Gasteiger partial charge >= 0.3 is 6.09 Å². The van der Waals surface area contributed by atoms with Gasteiger partial charge in [0.25, 0.3) is 0 Å². The third-order valence-corrected chi connectivity index (χ3v) is 5.96. The Labute approximate surface area is 152 Å². The summed E-state index contributed by atoms with van der Waals surface area (Å²) in [5.74, 6) is 0.500. The lowest BCUT2D eigenvalue weighted by Gasteiger charge is -2.30. The number of rotatable bonds is 1. The fourth-order valence-corrected chi connectivity index (χ4v) is 4.51. The predicted octanol–water partition coefficient (Wildman–Crippen LogP) is 3.03. The fraction of sp³-hybridized carbons (Fsp3) is 0.381. The molecule has 6 rings (SSSR count). The molecule has 3 heterocycles. The maximum atomic E-state index is 12.7. The zero-order chi connectivity index (χ0) is 17.7. The molecule has 2 aromatic carbocycles. The Hall–Kier alpha value is -2.37. The molecule has 2 aromatic rings. The number of carbonyl (C=O) groups is 1. The van der Waals surface area contributed by atoms with Gasteiger partial charge in [-0.15, -0.1) is 0 Å². The minimum atomic E-state index is -0.665. The topological polar surface area (TPSA) is 53.0 Å². The van der Waals surface area contributed by atoms with Gasteiger partial charge in [-0.1, -0.05) is 30.3 Å². The van der Waals surface area contributed by atoms with Crippen LogP contribution in [0, 0.1) is 0 Å². The second-order valence-corrected chi connectivity index (χ2v) is 7.37. The first-order chi connectivity index (χ1) is 12.7. The molecule has 2 bridgehead atoms. The Kier molecular flexibility index (Phi) is 3.72. The summed E-state index contributed by atoms with van der Waals surface area (Å²) in [5.41, 5.74) is 3.77. The van der Waals surface area contributed by atoms with E-state index in [4.69, 9.17) is 4.74 Å². The zero-order valence-corrected chi connectivity index (χ0v) is 14.6. The van der Waals surface area contributed by atoms with Crippen molar-refractivity contribution in [3.63, 3.8) is 0 Å². The first kappa shape index (κ1) is 15.9. The number of hydrogen-bond donors (Lipinski definition) is 1. The summed E-state index contributed by atoms with van der Waals surface area (Å²) in [6.07, 6.45) is 1.10. The van der Waals surface area contributed by atoms with Crippen LogP contribution < -0.4 is 4.74 Å². The monoisotopic (exact) mass is 350 g/mol. The molecule has 1 N–H and O–H groups in total. The largest absolute Gasteiger partial charge is 0.415 e. The van der Waals surface area contributed by atoms with Crippen LogP contribution in [0.15, 0.2) is 42.5 Å². The van der Waals surface area contributed by atoms with Gasteiger partial charge in [0.15, 0.2) is 0 Å². The SMILES string of the molecule is O=C(Oc1ccc2c(c1)C(O)c1ccccc1-2)N1CCN2CCC1CC2. The molecular formula is C21H22N2O3. The van der Waals surface area contributed by atoms with E-state index in [1.54, 1.807) is 6.07 Å². The standard InChI is InChI=1S/C21H22N2O3/c24-20-18-4-2-1-3-16(18)17-6-5-15(13-19(17)20)26-21(25)23-12-11-22-9-7-14(23)8-10-22/h1-6,13-14,20,24H,7-12H2. The number of carbonyl (C=O) groups excluding carboxylic acids is 1. The zero-order valence-electron chi connectivity index (χ0n) is 14.6. The van der Waals surface area contributed by atoms with Crippen molar-refractivity contribution < 1.29 is 14.6 Å². The highest BCUT2D eigenvalue weighted by atomic mass is 16.6. The van der Waals surface area contributed by atoms with Gasteiger partial charge in [0.05, 0.1) is 0 Å². The number of fused-ring (bicyclic) bond motifs is 7. The quantitative estimate of drug-likeness (QED) is 0.859. The van der Waals surface area contributed by atoms with E-state index in [-0.39, 0.29) is 12.1 Å². The fourth-order valence-electron chi connectivity index (χ4n) is 4.51. The van der Waals surface area contributed by atoms with Crippen LogP contribution in [0.2, 0.25) is 0 Å². The number of benzene rings is 2. The normalized spacial score (nSPS) is 26.2. The highest BCUT2D eigenvalue weighted by Gasteiger charge is 2.33. The van der Waals surface area contributed by atoms with E-state index < -0.39 is 6.10 Å². The molecule has 0 radical (unpaired) electrons. The molecule has 1 atom stereocenters. The van der Waals surface area contributed by atoms with Crippen molar-refractivity contribution in [2.75, 3.05) is 26.2 Å². The van der Waals surface area contributed by atoms with Crippen molar-refractivity contribution in [1.82, 2.24) is 9.80 Å². The van der Waals surface area contributed by atoms with Crippen molar-refractivity contribution in [2.24, 2.45) is 0 Å². The van der Waals surface area contributed by atoms with Gasteiger partial charge in [-0.05, 0) is 47.2 Å². The average molecular weight is 350 g/mol. The van der Waals surface area contributed by atoms with Crippen LogP contribution in [-0.4, -0.2) is 53.2 Å². The van der Waals surface area contributed by atoms with Crippen LogP contribution in [-0.2, 0) is 0 Å². The molecule has 26 heavy (non-hydrogen) atoms. The molecule has 3 saturated heterocycles.